The third kappa shape index (κ3) is 3.46. The maximum absolute atomic E-state index is 8.84. The molecule has 3 heterocycles. The van der Waals surface area contributed by atoms with Gasteiger partial charge in [0.25, 0.3) is 0 Å². The molecule has 112 valence electrons. The van der Waals surface area contributed by atoms with Gasteiger partial charge in [0.15, 0.2) is 0 Å². The second kappa shape index (κ2) is 6.60. The molecule has 1 aromatic heterocycles. The maximum Gasteiger partial charge on any atom is 0.145 e. The molecule has 0 radical (unpaired) electrons. The van der Waals surface area contributed by atoms with E-state index in [9.17, 15) is 0 Å². The molecule has 1 atom stereocenters. The minimum absolute atomic E-state index is 0.282. The average molecular weight is 304 g/mol. The summed E-state index contributed by atoms with van der Waals surface area (Å²) in [5, 5.41) is 8.84. The minimum atomic E-state index is 0.282. The molecule has 0 aromatic carbocycles. The first-order valence-electron chi connectivity index (χ1n) is 7.32. The van der Waals surface area contributed by atoms with Crippen molar-refractivity contribution in [3.63, 3.8) is 0 Å². The lowest BCUT2D eigenvalue weighted by Crippen LogP contribution is -2.50. The number of nitrogen functional groups attached to an aromatic ring is 1. The van der Waals surface area contributed by atoms with Gasteiger partial charge in [-0.3, -0.25) is 9.80 Å². The molecular formula is C14H20N6S. The second-order valence-electron chi connectivity index (χ2n) is 5.53. The zero-order chi connectivity index (χ0) is 14.7. The molecule has 2 N–H and O–H groups in total. The highest BCUT2D eigenvalue weighted by Gasteiger charge is 2.26. The summed E-state index contributed by atoms with van der Waals surface area (Å²) in [4.78, 5) is 13.4. The van der Waals surface area contributed by atoms with Crippen molar-refractivity contribution >= 4 is 17.6 Å². The number of nitrogens with zero attached hydrogens (tertiary/aromatic N) is 5. The van der Waals surface area contributed by atoms with Crippen LogP contribution in [0.4, 0.5) is 5.82 Å². The number of hydrogen-bond donors (Lipinski definition) is 1. The Bertz CT molecular complexity index is 529. The third-order valence-corrected chi connectivity index (χ3v) is 5.33. The second-order valence-corrected chi connectivity index (χ2v) is 6.68. The average Bonchev–Trinajstić information content (AvgIpc) is 3.02. The normalized spacial score (nSPS) is 24.0. The largest absolute Gasteiger partial charge is 0.382 e. The first kappa shape index (κ1) is 14.6. The Labute approximate surface area is 129 Å². The predicted molar refractivity (Wildman–Crippen MR) is 83.7 cm³/mol. The number of rotatable bonds is 3. The van der Waals surface area contributed by atoms with Crippen molar-refractivity contribution in [1.29, 1.82) is 5.26 Å². The van der Waals surface area contributed by atoms with Crippen LogP contribution in [0.2, 0.25) is 0 Å². The highest BCUT2D eigenvalue weighted by atomic mass is 32.2. The zero-order valence-electron chi connectivity index (χ0n) is 12.0. The van der Waals surface area contributed by atoms with Crippen LogP contribution in [0.5, 0.6) is 0 Å². The number of aromatic nitrogens is 2. The van der Waals surface area contributed by atoms with Gasteiger partial charge >= 0.3 is 0 Å². The van der Waals surface area contributed by atoms with E-state index in [1.807, 2.05) is 6.07 Å². The first-order chi connectivity index (χ1) is 10.3. The van der Waals surface area contributed by atoms with Gasteiger partial charge in [0.2, 0.25) is 0 Å². The van der Waals surface area contributed by atoms with E-state index in [4.69, 9.17) is 11.0 Å². The summed E-state index contributed by atoms with van der Waals surface area (Å²) >= 11 is 2.07. The van der Waals surface area contributed by atoms with Crippen molar-refractivity contribution in [2.24, 2.45) is 0 Å². The lowest BCUT2D eigenvalue weighted by atomic mass is 10.2. The Balaban J connectivity index is 1.53. The topological polar surface area (TPSA) is 82.1 Å². The molecule has 6 nitrogen and oxygen atoms in total. The molecule has 2 saturated heterocycles. The molecule has 1 unspecified atom stereocenters. The Kier molecular flexibility index (Phi) is 4.58. The molecule has 21 heavy (non-hydrogen) atoms. The molecule has 1 aromatic rings. The van der Waals surface area contributed by atoms with E-state index in [2.05, 4.69) is 31.5 Å². The maximum atomic E-state index is 8.84. The molecule has 0 amide bonds. The van der Waals surface area contributed by atoms with E-state index in [0.717, 1.165) is 32.2 Å². The van der Waals surface area contributed by atoms with Gasteiger partial charge in [0.1, 0.15) is 23.3 Å². The number of nitriles is 1. The lowest BCUT2D eigenvalue weighted by molar-refractivity contribution is 0.0985. The van der Waals surface area contributed by atoms with Crippen LogP contribution in [-0.4, -0.2) is 63.5 Å². The highest BCUT2D eigenvalue weighted by molar-refractivity contribution is 7.99. The van der Waals surface area contributed by atoms with Crippen molar-refractivity contribution in [3.05, 3.63) is 17.6 Å². The molecule has 2 aliphatic heterocycles. The van der Waals surface area contributed by atoms with Crippen LogP contribution in [0.1, 0.15) is 17.8 Å². The van der Waals surface area contributed by atoms with Crippen molar-refractivity contribution < 1.29 is 0 Å². The number of piperazine rings is 1. The van der Waals surface area contributed by atoms with Gasteiger partial charge in [-0.25, -0.2) is 9.97 Å². The van der Waals surface area contributed by atoms with Crippen LogP contribution >= 0.6 is 11.8 Å². The van der Waals surface area contributed by atoms with Crippen molar-refractivity contribution in [2.75, 3.05) is 43.4 Å². The van der Waals surface area contributed by atoms with Crippen LogP contribution in [0.3, 0.4) is 0 Å². The summed E-state index contributed by atoms with van der Waals surface area (Å²) in [6, 6.07) is 2.77. The first-order valence-corrected chi connectivity index (χ1v) is 8.47. The molecule has 2 aliphatic rings. The number of thioether (sulfide) groups is 1. The van der Waals surface area contributed by atoms with Crippen LogP contribution in [0, 0.1) is 11.3 Å². The van der Waals surface area contributed by atoms with E-state index in [1.165, 1.54) is 24.1 Å². The van der Waals surface area contributed by atoms with Crippen molar-refractivity contribution in [1.82, 2.24) is 19.8 Å². The fraction of sp³-hybridized carbons (Fsp3) is 0.643. The smallest absolute Gasteiger partial charge is 0.145 e. The van der Waals surface area contributed by atoms with Gasteiger partial charge in [-0.2, -0.15) is 17.0 Å². The Morgan fingerprint density at radius 3 is 2.81 bits per heavy atom. The number of nitrogens with two attached hydrogens (primary N) is 1. The van der Waals surface area contributed by atoms with Crippen LogP contribution in [0.25, 0.3) is 0 Å². The summed E-state index contributed by atoms with van der Waals surface area (Å²) in [6.45, 7) is 5.05. The third-order valence-electron chi connectivity index (χ3n) is 4.18. The molecule has 0 spiro atoms. The number of anilines is 1. The molecule has 3 rings (SSSR count). The van der Waals surface area contributed by atoms with E-state index in [0.29, 0.717) is 17.9 Å². The van der Waals surface area contributed by atoms with Crippen molar-refractivity contribution in [3.8, 4) is 6.07 Å². The van der Waals surface area contributed by atoms with Crippen LogP contribution in [-0.2, 0) is 6.54 Å². The molecular weight excluding hydrogens is 284 g/mol. The quantitative estimate of drug-likeness (QED) is 0.873. The van der Waals surface area contributed by atoms with Gasteiger partial charge in [0.05, 0.1) is 12.7 Å². The summed E-state index contributed by atoms with van der Waals surface area (Å²) < 4.78 is 0. The molecule has 0 bridgehead atoms. The lowest BCUT2D eigenvalue weighted by Gasteiger charge is -2.37. The molecule has 0 saturated carbocycles. The fourth-order valence-corrected chi connectivity index (χ4v) is 4.15. The van der Waals surface area contributed by atoms with Crippen LogP contribution < -0.4 is 5.73 Å². The molecule has 0 aliphatic carbocycles. The summed E-state index contributed by atoms with van der Waals surface area (Å²) in [6.07, 6.45) is 2.85. The SMILES string of the molecule is N#Cc1cnc(CN2CCN(C3CCSC3)CC2)nc1N. The van der Waals surface area contributed by atoms with E-state index < -0.39 is 0 Å². The molecule has 2 fully saturated rings. The highest BCUT2D eigenvalue weighted by Crippen LogP contribution is 2.23. The summed E-state index contributed by atoms with van der Waals surface area (Å²) in [5.74, 6) is 3.58. The van der Waals surface area contributed by atoms with Gasteiger partial charge in [0, 0.05) is 38.0 Å². The minimum Gasteiger partial charge on any atom is -0.382 e. The van der Waals surface area contributed by atoms with Gasteiger partial charge < -0.3 is 5.73 Å². The van der Waals surface area contributed by atoms with Crippen molar-refractivity contribution in [2.45, 2.75) is 19.0 Å². The van der Waals surface area contributed by atoms with Crippen LogP contribution in [0.15, 0.2) is 6.20 Å². The van der Waals surface area contributed by atoms with E-state index in [1.54, 1.807) is 0 Å². The summed E-state index contributed by atoms with van der Waals surface area (Å²) in [5.41, 5.74) is 6.09. The molecule has 7 heteroatoms. The summed E-state index contributed by atoms with van der Waals surface area (Å²) in [7, 11) is 0. The standard InChI is InChI=1S/C14H20N6S/c15-7-11-8-17-13(18-14(11)16)9-19-2-4-20(5-3-19)12-1-6-21-10-12/h8,12H,1-6,9-10H2,(H2,16,17,18). The van der Waals surface area contributed by atoms with Gasteiger partial charge in [-0.15, -0.1) is 0 Å². The Morgan fingerprint density at radius 2 is 2.19 bits per heavy atom. The van der Waals surface area contributed by atoms with Gasteiger partial charge in [-0.1, -0.05) is 0 Å². The van der Waals surface area contributed by atoms with Gasteiger partial charge in [-0.05, 0) is 12.2 Å². The van der Waals surface area contributed by atoms with E-state index >= 15 is 0 Å². The predicted octanol–water partition coefficient (Wildman–Crippen LogP) is 0.554. The van der Waals surface area contributed by atoms with E-state index in [-0.39, 0.29) is 5.82 Å². The zero-order valence-corrected chi connectivity index (χ0v) is 12.8. The monoisotopic (exact) mass is 304 g/mol. The number of hydrogen-bond acceptors (Lipinski definition) is 7. The fourth-order valence-electron chi connectivity index (χ4n) is 2.89. The Hall–Kier alpha value is -1.36. The Morgan fingerprint density at radius 1 is 1.38 bits per heavy atom.